The van der Waals surface area contributed by atoms with Crippen LogP contribution in [0.3, 0.4) is 0 Å². The summed E-state index contributed by atoms with van der Waals surface area (Å²) in [5, 5.41) is 9.69. The summed E-state index contributed by atoms with van der Waals surface area (Å²) in [6.07, 6.45) is -4.58. The predicted molar refractivity (Wildman–Crippen MR) is 89.7 cm³/mol. The van der Waals surface area contributed by atoms with Crippen molar-refractivity contribution < 1.29 is 18.0 Å². The Morgan fingerprint density at radius 3 is 2.80 bits per heavy atom. The van der Waals surface area contributed by atoms with Crippen LogP contribution >= 0.6 is 23.1 Å². The van der Waals surface area contributed by atoms with Crippen molar-refractivity contribution >= 4 is 44.4 Å². The SMILES string of the molecule is Cc1ccc2nc(NC(=O)CSc3nnc(C(F)(F)F)n3C)sc2c1. The average Bonchev–Trinajstić information content (AvgIpc) is 3.07. The fourth-order valence-corrected chi connectivity index (χ4v) is 3.75. The van der Waals surface area contributed by atoms with E-state index < -0.39 is 12.0 Å². The summed E-state index contributed by atoms with van der Waals surface area (Å²) in [7, 11) is 1.21. The van der Waals surface area contributed by atoms with Crippen molar-refractivity contribution in [3.05, 3.63) is 29.6 Å². The summed E-state index contributed by atoms with van der Waals surface area (Å²) in [6.45, 7) is 1.96. The van der Waals surface area contributed by atoms with Crippen molar-refractivity contribution in [1.82, 2.24) is 19.7 Å². The highest BCUT2D eigenvalue weighted by molar-refractivity contribution is 7.99. The molecule has 0 atom stereocenters. The molecule has 11 heteroatoms. The highest BCUT2D eigenvalue weighted by Crippen LogP contribution is 2.30. The first kappa shape index (κ1) is 17.7. The molecule has 3 rings (SSSR count). The fraction of sp³-hybridized carbons (Fsp3) is 0.286. The van der Waals surface area contributed by atoms with Crippen LogP contribution in [0, 0.1) is 6.92 Å². The lowest BCUT2D eigenvalue weighted by Gasteiger charge is -2.06. The maximum atomic E-state index is 12.7. The molecule has 0 aliphatic rings. The molecular formula is C14H12F3N5OS2. The summed E-state index contributed by atoms with van der Waals surface area (Å²) >= 11 is 2.21. The Labute approximate surface area is 148 Å². The highest BCUT2D eigenvalue weighted by atomic mass is 32.2. The number of carbonyl (C=O) groups excluding carboxylic acids is 1. The Kier molecular flexibility index (Phi) is 4.69. The van der Waals surface area contributed by atoms with Gasteiger partial charge >= 0.3 is 6.18 Å². The third-order valence-corrected chi connectivity index (χ3v) is 5.16. The molecule has 0 spiro atoms. The first-order chi connectivity index (χ1) is 11.7. The number of hydrogen-bond donors (Lipinski definition) is 1. The normalized spacial score (nSPS) is 11.9. The summed E-state index contributed by atoms with van der Waals surface area (Å²) in [5.41, 5.74) is 1.87. The lowest BCUT2D eigenvalue weighted by atomic mass is 10.2. The summed E-state index contributed by atoms with van der Waals surface area (Å²) in [4.78, 5) is 16.3. The van der Waals surface area contributed by atoms with Crippen molar-refractivity contribution in [2.45, 2.75) is 18.3 Å². The Hall–Kier alpha value is -2.14. The van der Waals surface area contributed by atoms with Crippen LogP contribution in [0.2, 0.25) is 0 Å². The first-order valence-corrected chi connectivity index (χ1v) is 8.80. The number of fused-ring (bicyclic) bond motifs is 1. The zero-order valence-electron chi connectivity index (χ0n) is 13.1. The van der Waals surface area contributed by atoms with E-state index >= 15 is 0 Å². The molecule has 0 bridgehead atoms. The van der Waals surface area contributed by atoms with Crippen LogP contribution in [0.4, 0.5) is 18.3 Å². The number of nitrogens with zero attached hydrogens (tertiary/aromatic N) is 4. The van der Waals surface area contributed by atoms with Gasteiger partial charge in [-0.15, -0.1) is 10.2 Å². The molecule has 132 valence electrons. The van der Waals surface area contributed by atoms with Crippen molar-refractivity contribution in [2.24, 2.45) is 7.05 Å². The zero-order valence-corrected chi connectivity index (χ0v) is 14.7. The number of benzene rings is 1. The summed E-state index contributed by atoms with van der Waals surface area (Å²) < 4.78 is 39.7. The van der Waals surface area contributed by atoms with Gasteiger partial charge in [-0.05, 0) is 24.6 Å². The fourth-order valence-electron chi connectivity index (χ4n) is 2.06. The van der Waals surface area contributed by atoms with Gasteiger partial charge in [0.15, 0.2) is 10.3 Å². The van der Waals surface area contributed by atoms with Crippen molar-refractivity contribution in [3.8, 4) is 0 Å². The van der Waals surface area contributed by atoms with E-state index in [2.05, 4.69) is 20.5 Å². The Morgan fingerprint density at radius 1 is 1.36 bits per heavy atom. The molecule has 0 saturated heterocycles. The van der Waals surface area contributed by atoms with Crippen LogP contribution in [0.15, 0.2) is 23.4 Å². The predicted octanol–water partition coefficient (Wildman–Crippen LogP) is 3.48. The smallest absolute Gasteiger partial charge is 0.302 e. The molecular weight excluding hydrogens is 375 g/mol. The van der Waals surface area contributed by atoms with Crippen molar-refractivity contribution in [2.75, 3.05) is 11.1 Å². The number of thioether (sulfide) groups is 1. The van der Waals surface area contributed by atoms with Gasteiger partial charge in [-0.3, -0.25) is 4.79 Å². The second kappa shape index (κ2) is 6.64. The standard InChI is InChI=1S/C14H12F3N5OS2/c1-7-3-4-8-9(5-7)25-12(18-8)19-10(23)6-24-13-21-20-11(22(13)2)14(15,16)17/h3-5H,6H2,1-2H3,(H,18,19,23). The summed E-state index contributed by atoms with van der Waals surface area (Å²) in [6, 6.07) is 5.76. The minimum atomic E-state index is -4.58. The summed E-state index contributed by atoms with van der Waals surface area (Å²) in [5.74, 6) is -1.58. The van der Waals surface area contributed by atoms with Gasteiger partial charge in [-0.25, -0.2) is 4.98 Å². The number of carbonyl (C=O) groups is 1. The van der Waals surface area contributed by atoms with Gasteiger partial charge in [0.05, 0.1) is 16.0 Å². The molecule has 0 saturated carbocycles. The molecule has 2 aromatic heterocycles. The van der Waals surface area contributed by atoms with E-state index in [4.69, 9.17) is 0 Å². The van der Waals surface area contributed by atoms with E-state index in [-0.39, 0.29) is 16.8 Å². The second-order valence-corrected chi connectivity index (χ2v) is 7.16. The topological polar surface area (TPSA) is 72.7 Å². The van der Waals surface area contributed by atoms with Crippen LogP contribution < -0.4 is 5.32 Å². The van der Waals surface area contributed by atoms with Crippen LogP contribution in [-0.4, -0.2) is 31.4 Å². The number of amides is 1. The monoisotopic (exact) mass is 387 g/mol. The van der Waals surface area contributed by atoms with E-state index in [0.29, 0.717) is 5.13 Å². The largest absolute Gasteiger partial charge is 0.451 e. The maximum Gasteiger partial charge on any atom is 0.451 e. The van der Waals surface area contributed by atoms with E-state index in [1.54, 1.807) is 0 Å². The van der Waals surface area contributed by atoms with Crippen LogP contribution in [-0.2, 0) is 18.0 Å². The number of alkyl halides is 3. The van der Waals surface area contributed by atoms with Crippen LogP contribution in [0.25, 0.3) is 10.2 Å². The molecule has 0 aliphatic carbocycles. The molecule has 6 nitrogen and oxygen atoms in total. The van der Waals surface area contributed by atoms with Gasteiger partial charge in [-0.1, -0.05) is 29.2 Å². The molecule has 0 aliphatic heterocycles. The molecule has 2 heterocycles. The average molecular weight is 387 g/mol. The van der Waals surface area contributed by atoms with Crippen LogP contribution in [0.1, 0.15) is 11.4 Å². The Balaban J connectivity index is 1.64. The van der Waals surface area contributed by atoms with Crippen molar-refractivity contribution in [3.63, 3.8) is 0 Å². The minimum Gasteiger partial charge on any atom is -0.302 e. The second-order valence-electron chi connectivity index (χ2n) is 5.19. The molecule has 25 heavy (non-hydrogen) atoms. The number of aryl methyl sites for hydroxylation is 1. The molecule has 3 aromatic rings. The van der Waals surface area contributed by atoms with E-state index in [9.17, 15) is 18.0 Å². The van der Waals surface area contributed by atoms with Gasteiger partial charge in [0.1, 0.15) is 0 Å². The highest BCUT2D eigenvalue weighted by Gasteiger charge is 2.37. The van der Waals surface area contributed by atoms with E-state index in [1.807, 2.05) is 25.1 Å². The first-order valence-electron chi connectivity index (χ1n) is 7.00. The minimum absolute atomic E-state index is 0.0161. The molecule has 0 radical (unpaired) electrons. The van der Waals surface area contributed by atoms with Gasteiger partial charge in [0.25, 0.3) is 0 Å². The van der Waals surface area contributed by atoms with Gasteiger partial charge in [0, 0.05) is 7.05 Å². The number of halogens is 3. The third kappa shape index (κ3) is 3.93. The molecule has 1 amide bonds. The molecule has 0 unspecified atom stereocenters. The molecule has 1 N–H and O–H groups in total. The van der Waals surface area contributed by atoms with E-state index in [0.717, 1.165) is 32.1 Å². The van der Waals surface area contributed by atoms with E-state index in [1.165, 1.54) is 18.4 Å². The van der Waals surface area contributed by atoms with Gasteiger partial charge in [-0.2, -0.15) is 13.2 Å². The Morgan fingerprint density at radius 2 is 2.12 bits per heavy atom. The van der Waals surface area contributed by atoms with Gasteiger partial charge in [0.2, 0.25) is 11.7 Å². The van der Waals surface area contributed by atoms with Crippen molar-refractivity contribution in [1.29, 1.82) is 0 Å². The Bertz CT molecular complexity index is 934. The van der Waals surface area contributed by atoms with Gasteiger partial charge < -0.3 is 9.88 Å². The third-order valence-electron chi connectivity index (χ3n) is 3.21. The number of hydrogen-bond acceptors (Lipinski definition) is 6. The zero-order chi connectivity index (χ0) is 18.2. The number of aromatic nitrogens is 4. The molecule has 1 aromatic carbocycles. The lowest BCUT2D eigenvalue weighted by Crippen LogP contribution is -2.15. The number of nitrogens with one attached hydrogen (secondary N) is 1. The quantitative estimate of drug-likeness (QED) is 0.694. The molecule has 0 fully saturated rings. The number of rotatable bonds is 4. The lowest BCUT2D eigenvalue weighted by molar-refractivity contribution is -0.147. The number of anilines is 1. The van der Waals surface area contributed by atoms with Crippen LogP contribution in [0.5, 0.6) is 0 Å². The number of thiazole rings is 1. The maximum absolute atomic E-state index is 12.7.